The van der Waals surface area contributed by atoms with Crippen molar-refractivity contribution in [3.05, 3.63) is 57.4 Å². The Hall–Kier alpha value is -2.78. The fraction of sp³-hybridized carbons (Fsp3) is 0.105. The van der Waals surface area contributed by atoms with E-state index in [0.29, 0.717) is 21.4 Å². The first-order chi connectivity index (χ1) is 13.3. The van der Waals surface area contributed by atoms with Gasteiger partial charge < -0.3 is 19.8 Å². The molecule has 0 radical (unpaired) electrons. The minimum absolute atomic E-state index is 0.151. The third kappa shape index (κ3) is 4.73. The molecule has 1 amide bonds. The summed E-state index contributed by atoms with van der Waals surface area (Å²) in [4.78, 5) is 29.3. The fourth-order valence-corrected chi connectivity index (χ4v) is 3.64. The molecule has 28 heavy (non-hydrogen) atoms. The number of carboxylic acids is 1. The SMILES string of the molecule is CN(C1=NC(=O)/C(=C\c2cc(Br)ccc2OCC(=O)O)S1)c1ccc(O)cc1. The Morgan fingerprint density at radius 3 is 2.68 bits per heavy atom. The second-order valence-corrected chi connectivity index (χ2v) is 7.67. The average Bonchev–Trinajstić information content (AvgIpc) is 3.01. The molecule has 0 aliphatic carbocycles. The van der Waals surface area contributed by atoms with E-state index in [1.807, 2.05) is 0 Å². The van der Waals surface area contributed by atoms with Gasteiger partial charge in [-0.25, -0.2) is 4.79 Å². The smallest absolute Gasteiger partial charge is 0.341 e. The van der Waals surface area contributed by atoms with Crippen LogP contribution in [0.15, 0.2) is 56.8 Å². The van der Waals surface area contributed by atoms with Crippen molar-refractivity contribution in [1.29, 1.82) is 0 Å². The van der Waals surface area contributed by atoms with E-state index in [4.69, 9.17) is 9.84 Å². The monoisotopic (exact) mass is 462 g/mol. The molecule has 144 valence electrons. The van der Waals surface area contributed by atoms with Crippen LogP contribution in [0.3, 0.4) is 0 Å². The summed E-state index contributed by atoms with van der Waals surface area (Å²) in [5.41, 5.74) is 1.33. The van der Waals surface area contributed by atoms with Gasteiger partial charge in [0.05, 0.1) is 4.91 Å². The molecule has 0 fully saturated rings. The van der Waals surface area contributed by atoms with Gasteiger partial charge in [0, 0.05) is 22.8 Å². The standard InChI is InChI=1S/C19H15BrN2O5S/c1-22(13-3-5-14(23)6-4-13)19-21-18(26)16(28-19)9-11-8-12(20)2-7-15(11)27-10-17(24)25/h2-9,23H,10H2,1H3,(H,24,25)/b16-9+. The quantitative estimate of drug-likeness (QED) is 0.652. The van der Waals surface area contributed by atoms with Crippen LogP contribution in [0.25, 0.3) is 6.08 Å². The largest absolute Gasteiger partial charge is 0.508 e. The zero-order chi connectivity index (χ0) is 20.3. The summed E-state index contributed by atoms with van der Waals surface area (Å²) in [5.74, 6) is -0.978. The van der Waals surface area contributed by atoms with Crippen LogP contribution in [0.4, 0.5) is 5.69 Å². The highest BCUT2D eigenvalue weighted by Crippen LogP contribution is 2.34. The van der Waals surface area contributed by atoms with Crippen molar-refractivity contribution in [2.75, 3.05) is 18.6 Å². The number of amides is 1. The molecular weight excluding hydrogens is 448 g/mol. The number of aliphatic carboxylic acids is 1. The van der Waals surface area contributed by atoms with Crippen molar-refractivity contribution in [3.8, 4) is 11.5 Å². The van der Waals surface area contributed by atoms with E-state index in [9.17, 15) is 14.7 Å². The molecule has 0 spiro atoms. The van der Waals surface area contributed by atoms with E-state index in [2.05, 4.69) is 20.9 Å². The van der Waals surface area contributed by atoms with E-state index < -0.39 is 18.5 Å². The number of ether oxygens (including phenoxy) is 1. The lowest BCUT2D eigenvalue weighted by Gasteiger charge is -2.17. The van der Waals surface area contributed by atoms with Crippen LogP contribution < -0.4 is 9.64 Å². The maximum atomic E-state index is 12.4. The van der Waals surface area contributed by atoms with Crippen molar-refractivity contribution in [2.45, 2.75) is 0 Å². The highest BCUT2D eigenvalue weighted by atomic mass is 79.9. The fourth-order valence-electron chi connectivity index (χ4n) is 2.37. The lowest BCUT2D eigenvalue weighted by Crippen LogP contribution is -2.21. The summed E-state index contributed by atoms with van der Waals surface area (Å²) in [5, 5.41) is 18.7. The Kier molecular flexibility index (Phi) is 6.05. The zero-order valence-corrected chi connectivity index (χ0v) is 17.0. The average molecular weight is 463 g/mol. The van der Waals surface area contributed by atoms with Gasteiger partial charge in [0.2, 0.25) is 0 Å². The third-order valence-corrected chi connectivity index (χ3v) is 5.30. The molecule has 0 unspecified atom stereocenters. The molecule has 0 saturated carbocycles. The van der Waals surface area contributed by atoms with Gasteiger partial charge in [0.15, 0.2) is 11.8 Å². The molecule has 0 aromatic heterocycles. The van der Waals surface area contributed by atoms with Crippen molar-refractivity contribution in [2.24, 2.45) is 4.99 Å². The molecule has 2 aromatic rings. The Balaban J connectivity index is 1.83. The number of phenols is 1. The van der Waals surface area contributed by atoms with Crippen LogP contribution in [-0.2, 0) is 9.59 Å². The Bertz CT molecular complexity index is 988. The van der Waals surface area contributed by atoms with Gasteiger partial charge in [0.1, 0.15) is 11.5 Å². The molecule has 2 N–H and O–H groups in total. The number of halogens is 1. The maximum absolute atomic E-state index is 12.4. The summed E-state index contributed by atoms with van der Waals surface area (Å²) in [6.45, 7) is -0.482. The molecular formula is C19H15BrN2O5S. The second-order valence-electron chi connectivity index (χ2n) is 5.75. The number of carbonyl (C=O) groups excluding carboxylic acids is 1. The molecule has 1 aliphatic heterocycles. The summed E-state index contributed by atoms with van der Waals surface area (Å²) >= 11 is 4.56. The van der Waals surface area contributed by atoms with Crippen LogP contribution in [0.2, 0.25) is 0 Å². The number of amidine groups is 1. The number of carboxylic acid groups (broad SMARTS) is 1. The minimum Gasteiger partial charge on any atom is -0.508 e. The molecule has 2 aromatic carbocycles. The molecule has 9 heteroatoms. The van der Waals surface area contributed by atoms with Crippen LogP contribution in [-0.4, -0.2) is 40.9 Å². The van der Waals surface area contributed by atoms with Crippen molar-refractivity contribution >= 4 is 56.5 Å². The van der Waals surface area contributed by atoms with E-state index in [1.165, 1.54) is 11.8 Å². The third-order valence-electron chi connectivity index (χ3n) is 3.74. The number of phenolic OH excluding ortho intramolecular Hbond substituents is 1. The molecule has 0 atom stereocenters. The summed E-state index contributed by atoms with van der Waals surface area (Å²) in [6, 6.07) is 11.6. The number of hydrogen-bond donors (Lipinski definition) is 2. The molecule has 1 heterocycles. The summed E-state index contributed by atoms with van der Waals surface area (Å²) < 4.78 is 6.06. The van der Waals surface area contributed by atoms with Gasteiger partial charge in [0.25, 0.3) is 5.91 Å². The van der Waals surface area contributed by atoms with Crippen LogP contribution >= 0.6 is 27.7 Å². The van der Waals surface area contributed by atoms with Gasteiger partial charge in [-0.05, 0) is 60.3 Å². The highest BCUT2D eigenvalue weighted by molar-refractivity contribution is 9.10. The van der Waals surface area contributed by atoms with E-state index in [-0.39, 0.29) is 5.75 Å². The first-order valence-electron chi connectivity index (χ1n) is 8.03. The number of thioether (sulfide) groups is 1. The summed E-state index contributed by atoms with van der Waals surface area (Å²) in [6.07, 6.45) is 1.62. The van der Waals surface area contributed by atoms with E-state index in [0.717, 1.165) is 10.2 Å². The normalized spacial score (nSPS) is 14.9. The van der Waals surface area contributed by atoms with Gasteiger partial charge in [-0.3, -0.25) is 4.79 Å². The lowest BCUT2D eigenvalue weighted by molar-refractivity contribution is -0.139. The van der Waals surface area contributed by atoms with Crippen LogP contribution in [0.1, 0.15) is 5.56 Å². The first kappa shape index (κ1) is 20.0. The lowest BCUT2D eigenvalue weighted by atomic mass is 10.2. The number of aromatic hydroxyl groups is 1. The Labute approximate surface area is 173 Å². The number of rotatable bonds is 5. The van der Waals surface area contributed by atoms with Crippen molar-refractivity contribution < 1.29 is 24.5 Å². The number of carbonyl (C=O) groups is 2. The summed E-state index contributed by atoms with van der Waals surface area (Å²) in [7, 11) is 1.77. The van der Waals surface area contributed by atoms with Crippen LogP contribution in [0.5, 0.6) is 11.5 Å². The molecule has 0 saturated heterocycles. The van der Waals surface area contributed by atoms with Crippen molar-refractivity contribution in [1.82, 2.24) is 0 Å². The van der Waals surface area contributed by atoms with Gasteiger partial charge in [-0.2, -0.15) is 4.99 Å². The molecule has 7 nitrogen and oxygen atoms in total. The van der Waals surface area contributed by atoms with E-state index in [1.54, 1.807) is 60.5 Å². The molecule has 1 aliphatic rings. The number of nitrogens with zero attached hydrogens (tertiary/aromatic N) is 2. The number of anilines is 1. The Morgan fingerprint density at radius 2 is 2.00 bits per heavy atom. The topological polar surface area (TPSA) is 99.4 Å². The predicted molar refractivity (Wildman–Crippen MR) is 112 cm³/mol. The number of hydrogen-bond acceptors (Lipinski definition) is 6. The molecule has 0 bridgehead atoms. The van der Waals surface area contributed by atoms with Gasteiger partial charge in [-0.1, -0.05) is 15.9 Å². The predicted octanol–water partition coefficient (Wildman–Crippen LogP) is 3.72. The number of benzene rings is 2. The molecule has 3 rings (SSSR count). The van der Waals surface area contributed by atoms with Gasteiger partial charge in [-0.15, -0.1) is 0 Å². The first-order valence-corrected chi connectivity index (χ1v) is 9.64. The van der Waals surface area contributed by atoms with Gasteiger partial charge >= 0.3 is 5.97 Å². The van der Waals surface area contributed by atoms with E-state index >= 15 is 0 Å². The minimum atomic E-state index is -1.09. The number of aliphatic imine (C=N–C) groups is 1. The zero-order valence-electron chi connectivity index (χ0n) is 14.6. The van der Waals surface area contributed by atoms with Crippen LogP contribution in [0, 0.1) is 0 Å². The Morgan fingerprint density at radius 1 is 1.29 bits per heavy atom. The second kappa shape index (κ2) is 8.49. The highest BCUT2D eigenvalue weighted by Gasteiger charge is 2.25. The maximum Gasteiger partial charge on any atom is 0.341 e. The van der Waals surface area contributed by atoms with Crippen molar-refractivity contribution in [3.63, 3.8) is 0 Å².